The van der Waals surface area contributed by atoms with Gasteiger partial charge < -0.3 is 15.4 Å². The fraction of sp³-hybridized carbons (Fsp3) is 0.441. The predicted octanol–water partition coefficient (Wildman–Crippen LogP) is 8.45. The molecule has 3 aromatic rings. The van der Waals surface area contributed by atoms with Crippen LogP contribution in [0.3, 0.4) is 0 Å². The molecule has 6 heteroatoms. The number of halogens is 3. The molecule has 2 N–H and O–H groups in total. The normalized spacial score (nSPS) is 10.6. The summed E-state index contributed by atoms with van der Waals surface area (Å²) in [7, 11) is 0. The van der Waals surface area contributed by atoms with E-state index in [1.54, 1.807) is 43.3 Å². The molecule has 0 heterocycles. The number of nitrogens with zero attached hydrogens (tertiary/aromatic N) is 1. The maximum Gasteiger partial charge on any atom is 0.129 e. The van der Waals surface area contributed by atoms with Crippen molar-refractivity contribution in [3.63, 3.8) is 0 Å². The molecule has 3 rings (SSSR count). The van der Waals surface area contributed by atoms with Gasteiger partial charge >= 0.3 is 0 Å². The van der Waals surface area contributed by atoms with Crippen LogP contribution in [-0.2, 0) is 4.79 Å². The van der Waals surface area contributed by atoms with Crippen molar-refractivity contribution >= 4 is 5.78 Å². The van der Waals surface area contributed by atoms with Crippen molar-refractivity contribution in [1.82, 2.24) is 4.90 Å². The van der Waals surface area contributed by atoms with Crippen LogP contribution in [0.5, 0.6) is 0 Å². The fourth-order valence-electron chi connectivity index (χ4n) is 4.32. The van der Waals surface area contributed by atoms with Gasteiger partial charge in [0.05, 0.1) is 0 Å². The van der Waals surface area contributed by atoms with Crippen LogP contribution in [0, 0.1) is 24.4 Å². The number of hydrogen-bond acceptors (Lipinski definition) is 3. The van der Waals surface area contributed by atoms with Crippen molar-refractivity contribution in [3.8, 4) is 0 Å². The molecule has 0 aliphatic carbocycles. The third kappa shape index (κ3) is 15.6. The summed E-state index contributed by atoms with van der Waals surface area (Å²) in [5.41, 5.74) is 8.56. The molecule has 0 saturated heterocycles. The van der Waals surface area contributed by atoms with Gasteiger partial charge in [-0.3, -0.25) is 0 Å². The van der Waals surface area contributed by atoms with Crippen LogP contribution < -0.4 is 5.73 Å². The number of hydrogen-bond donors (Lipinski definition) is 1. The average Bonchev–Trinajstić information content (AvgIpc) is 2.93. The van der Waals surface area contributed by atoms with Crippen LogP contribution in [0.1, 0.15) is 81.9 Å². The predicted molar refractivity (Wildman–Crippen MR) is 161 cm³/mol. The number of benzene rings is 3. The monoisotopic (exact) mass is 556 g/mol. The minimum Gasteiger partial charge on any atom is -0.329 e. The second-order valence-corrected chi connectivity index (χ2v) is 10.0. The second-order valence-electron chi connectivity index (χ2n) is 10.0. The minimum atomic E-state index is -0.266. The van der Waals surface area contributed by atoms with E-state index in [1.165, 1.54) is 62.3 Å². The highest BCUT2D eigenvalue weighted by atomic mass is 19.1. The average molecular weight is 557 g/mol. The van der Waals surface area contributed by atoms with Gasteiger partial charge in [-0.05, 0) is 100 Å². The zero-order chi connectivity index (χ0) is 29.8. The number of nitrogens with two attached hydrogens (primary N) is 1. The Morgan fingerprint density at radius 3 is 1.50 bits per heavy atom. The highest BCUT2D eigenvalue weighted by Gasteiger charge is 2.14. The Labute approximate surface area is 239 Å². The van der Waals surface area contributed by atoms with E-state index in [0.29, 0.717) is 6.42 Å². The topological polar surface area (TPSA) is 46.3 Å². The first-order valence-corrected chi connectivity index (χ1v) is 14.3. The Balaban J connectivity index is 0.000000366. The summed E-state index contributed by atoms with van der Waals surface area (Å²) in [5, 5.41) is 0. The summed E-state index contributed by atoms with van der Waals surface area (Å²) in [6.45, 7) is 12.2. The molecule has 0 fully saturated rings. The number of carbonyl (C=O) groups excluding carboxylic acids is 1. The highest BCUT2D eigenvalue weighted by molar-refractivity contribution is 5.75. The van der Waals surface area contributed by atoms with Crippen molar-refractivity contribution < 1.29 is 18.0 Å². The van der Waals surface area contributed by atoms with E-state index in [4.69, 9.17) is 5.73 Å². The lowest BCUT2D eigenvalue weighted by atomic mass is 9.87. The van der Waals surface area contributed by atoms with Crippen molar-refractivity contribution in [2.45, 2.75) is 72.1 Å². The highest BCUT2D eigenvalue weighted by Crippen LogP contribution is 2.30. The maximum atomic E-state index is 13.1. The van der Waals surface area contributed by atoms with Gasteiger partial charge in [-0.15, -0.1) is 0 Å². The summed E-state index contributed by atoms with van der Waals surface area (Å²) in [4.78, 5) is 13.4. The number of aryl methyl sites for hydroxylation is 1. The molecule has 0 bridgehead atoms. The zero-order valence-corrected chi connectivity index (χ0v) is 24.6. The molecule has 0 atom stereocenters. The Morgan fingerprint density at radius 1 is 0.725 bits per heavy atom. The largest absolute Gasteiger partial charge is 0.329 e. The molecule has 220 valence electrons. The number of ketones is 1. The van der Waals surface area contributed by atoms with E-state index in [-0.39, 0.29) is 29.2 Å². The Kier molecular flexibility index (Phi) is 18.3. The van der Waals surface area contributed by atoms with Crippen LogP contribution in [-0.4, -0.2) is 36.9 Å². The van der Waals surface area contributed by atoms with Crippen LogP contribution in [0.15, 0.2) is 72.8 Å². The molecule has 0 aliphatic heterocycles. The summed E-state index contributed by atoms with van der Waals surface area (Å²) in [6, 6.07) is 19.3. The third-order valence-electron chi connectivity index (χ3n) is 6.35. The van der Waals surface area contributed by atoms with Crippen LogP contribution >= 0.6 is 0 Å². The van der Waals surface area contributed by atoms with E-state index in [0.717, 1.165) is 49.0 Å². The van der Waals surface area contributed by atoms with Crippen molar-refractivity contribution in [2.75, 3.05) is 26.2 Å². The molecule has 0 unspecified atom stereocenters. The molecule has 0 aromatic heterocycles. The molecule has 0 spiro atoms. The summed E-state index contributed by atoms with van der Waals surface area (Å²) in [6.07, 6.45) is 5.65. The Hall–Kier alpha value is -2.96. The lowest BCUT2D eigenvalue weighted by Crippen LogP contribution is -2.30. The van der Waals surface area contributed by atoms with Crippen molar-refractivity contribution in [3.05, 3.63) is 107 Å². The van der Waals surface area contributed by atoms with Gasteiger partial charge in [0.15, 0.2) is 0 Å². The van der Waals surface area contributed by atoms with Crippen LogP contribution in [0.25, 0.3) is 0 Å². The second kappa shape index (κ2) is 20.9. The summed E-state index contributed by atoms with van der Waals surface area (Å²) >= 11 is 0. The van der Waals surface area contributed by atoms with E-state index in [1.807, 2.05) is 6.92 Å². The van der Waals surface area contributed by atoms with Gasteiger partial charge in [0.2, 0.25) is 0 Å². The maximum absolute atomic E-state index is 13.1. The molecule has 0 saturated carbocycles. The number of Topliss-reactive ketones (excluding diaryl/α,β-unsaturated/α-hetero) is 1. The smallest absolute Gasteiger partial charge is 0.129 e. The van der Waals surface area contributed by atoms with Crippen molar-refractivity contribution in [2.24, 2.45) is 5.73 Å². The standard InChI is InChI=1S/C19H20F2O.C8H20N2.C7H7F/c1-14(22)4-2-3-5-19(15-6-10-17(20)11-7-15)16-8-12-18(21)13-9-16;1-3-6-10(7-4-2)8-5-9;1-6-2-4-7(8)5-3-6/h6-13,19H,2-5H2,1H3;3-9H2,1-2H3;2-5H,1H3. The van der Waals surface area contributed by atoms with Gasteiger partial charge in [-0.25, -0.2) is 13.2 Å². The molecule has 3 aromatic carbocycles. The van der Waals surface area contributed by atoms with Gasteiger partial charge in [-0.2, -0.15) is 0 Å². The molecule has 40 heavy (non-hydrogen) atoms. The van der Waals surface area contributed by atoms with E-state index >= 15 is 0 Å². The van der Waals surface area contributed by atoms with E-state index in [9.17, 15) is 18.0 Å². The molecule has 0 amide bonds. The molecule has 3 nitrogen and oxygen atoms in total. The van der Waals surface area contributed by atoms with E-state index in [2.05, 4.69) is 18.7 Å². The molecular formula is C34H47F3N2O. The summed E-state index contributed by atoms with van der Waals surface area (Å²) < 4.78 is 38.3. The first-order valence-electron chi connectivity index (χ1n) is 14.3. The van der Waals surface area contributed by atoms with Gasteiger partial charge in [0, 0.05) is 25.4 Å². The van der Waals surface area contributed by atoms with E-state index < -0.39 is 0 Å². The lowest BCUT2D eigenvalue weighted by Gasteiger charge is -2.19. The first kappa shape index (κ1) is 35.1. The lowest BCUT2D eigenvalue weighted by molar-refractivity contribution is -0.117. The minimum absolute atomic E-state index is 0.0909. The van der Waals surface area contributed by atoms with Gasteiger partial charge in [0.1, 0.15) is 23.2 Å². The SMILES string of the molecule is CC(=O)CCCCC(c1ccc(F)cc1)c1ccc(F)cc1.CCCN(CCC)CCN.Cc1ccc(F)cc1. The molecule has 0 aliphatic rings. The first-order chi connectivity index (χ1) is 19.2. The number of carbonyl (C=O) groups is 1. The quantitative estimate of drug-likeness (QED) is 0.215. The van der Waals surface area contributed by atoms with Crippen LogP contribution in [0.2, 0.25) is 0 Å². The summed E-state index contributed by atoms with van der Waals surface area (Å²) in [5.74, 6) is -0.416. The molecule has 0 radical (unpaired) electrons. The number of unbranched alkanes of at least 4 members (excludes halogenated alkanes) is 1. The molecular weight excluding hydrogens is 509 g/mol. The Morgan fingerprint density at radius 2 is 1.15 bits per heavy atom. The van der Waals surface area contributed by atoms with Gasteiger partial charge in [0.25, 0.3) is 0 Å². The zero-order valence-electron chi connectivity index (χ0n) is 24.6. The van der Waals surface area contributed by atoms with Crippen molar-refractivity contribution in [1.29, 1.82) is 0 Å². The Bertz CT molecular complexity index is 973. The third-order valence-corrected chi connectivity index (χ3v) is 6.35. The van der Waals surface area contributed by atoms with Crippen LogP contribution in [0.4, 0.5) is 13.2 Å². The fourth-order valence-corrected chi connectivity index (χ4v) is 4.32. The number of rotatable bonds is 13. The van der Waals surface area contributed by atoms with Gasteiger partial charge in [-0.1, -0.05) is 62.2 Å².